The van der Waals surface area contributed by atoms with Crippen molar-refractivity contribution in [1.29, 1.82) is 0 Å². The highest BCUT2D eigenvalue weighted by Gasteiger charge is 2.05. The van der Waals surface area contributed by atoms with Crippen LogP contribution in [0.5, 0.6) is 0 Å². The number of aryl methyl sites for hydroxylation is 1. The Morgan fingerprint density at radius 3 is 2.75 bits per heavy atom. The molecule has 0 radical (unpaired) electrons. The molecule has 0 spiro atoms. The zero-order chi connectivity index (χ0) is 11.5. The van der Waals surface area contributed by atoms with E-state index in [2.05, 4.69) is 9.97 Å². The van der Waals surface area contributed by atoms with Crippen LogP contribution < -0.4 is 0 Å². The third-order valence-electron chi connectivity index (χ3n) is 2.03. The standard InChI is InChI=1S/C11H12N2OS2/c1-7-6-15-11(13-7)16-10-4-3-9(5-12-10)8(2)14/h3-6,8,14H,1-2H3/t8-/m1/s1. The molecule has 0 aromatic carbocycles. The molecule has 0 aliphatic rings. The highest BCUT2D eigenvalue weighted by atomic mass is 32.2. The molecule has 1 atom stereocenters. The van der Waals surface area contributed by atoms with Crippen LogP contribution >= 0.6 is 23.1 Å². The minimum atomic E-state index is -0.464. The van der Waals surface area contributed by atoms with Crippen LogP contribution in [0.25, 0.3) is 0 Å². The monoisotopic (exact) mass is 252 g/mol. The first-order valence-corrected chi connectivity index (χ1v) is 6.59. The predicted octanol–water partition coefficient (Wildman–Crippen LogP) is 3.05. The molecule has 5 heteroatoms. The molecule has 0 saturated carbocycles. The van der Waals surface area contributed by atoms with E-state index in [1.165, 1.54) is 0 Å². The number of aliphatic hydroxyl groups excluding tert-OH is 1. The van der Waals surface area contributed by atoms with Gasteiger partial charge in [-0.05, 0) is 37.2 Å². The Morgan fingerprint density at radius 1 is 1.44 bits per heavy atom. The molecule has 0 bridgehead atoms. The number of thiazole rings is 1. The fourth-order valence-corrected chi connectivity index (χ4v) is 2.89. The Bertz CT molecular complexity index is 465. The Labute approximate surface area is 103 Å². The van der Waals surface area contributed by atoms with Crippen molar-refractivity contribution < 1.29 is 5.11 Å². The fourth-order valence-electron chi connectivity index (χ4n) is 1.17. The third kappa shape index (κ3) is 2.81. The maximum absolute atomic E-state index is 9.35. The summed E-state index contributed by atoms with van der Waals surface area (Å²) in [5, 5.41) is 12.3. The summed E-state index contributed by atoms with van der Waals surface area (Å²) in [7, 11) is 0. The van der Waals surface area contributed by atoms with Gasteiger partial charge in [-0.1, -0.05) is 6.07 Å². The lowest BCUT2D eigenvalue weighted by atomic mass is 10.2. The minimum Gasteiger partial charge on any atom is -0.389 e. The van der Waals surface area contributed by atoms with Crippen molar-refractivity contribution in [2.24, 2.45) is 0 Å². The van der Waals surface area contributed by atoms with Crippen LogP contribution in [0.15, 0.2) is 33.1 Å². The first-order valence-electron chi connectivity index (χ1n) is 4.89. The Hall–Kier alpha value is -0.910. The van der Waals surface area contributed by atoms with Crippen molar-refractivity contribution >= 4 is 23.1 Å². The molecule has 2 rings (SSSR count). The van der Waals surface area contributed by atoms with Gasteiger partial charge in [0.25, 0.3) is 0 Å². The molecular weight excluding hydrogens is 240 g/mol. The molecular formula is C11H12N2OS2. The van der Waals surface area contributed by atoms with Crippen molar-refractivity contribution in [3.05, 3.63) is 35.0 Å². The van der Waals surface area contributed by atoms with Gasteiger partial charge < -0.3 is 5.11 Å². The van der Waals surface area contributed by atoms with Crippen LogP contribution in [0, 0.1) is 6.92 Å². The summed E-state index contributed by atoms with van der Waals surface area (Å²) in [6.07, 6.45) is 1.24. The Kier molecular flexibility index (Phi) is 3.58. The van der Waals surface area contributed by atoms with Gasteiger partial charge in [-0.3, -0.25) is 0 Å². The summed E-state index contributed by atoms with van der Waals surface area (Å²) in [6, 6.07) is 3.80. The molecule has 3 nitrogen and oxygen atoms in total. The molecule has 2 aromatic heterocycles. The minimum absolute atomic E-state index is 0.464. The van der Waals surface area contributed by atoms with Gasteiger partial charge in [0.15, 0.2) is 4.34 Å². The molecule has 1 N–H and O–H groups in total. The number of hydrogen-bond donors (Lipinski definition) is 1. The van der Waals surface area contributed by atoms with Crippen LogP contribution in [0.2, 0.25) is 0 Å². The summed E-state index contributed by atoms with van der Waals surface area (Å²) >= 11 is 3.16. The molecule has 16 heavy (non-hydrogen) atoms. The van der Waals surface area contributed by atoms with Gasteiger partial charge in [0.1, 0.15) is 5.03 Å². The van der Waals surface area contributed by atoms with Crippen molar-refractivity contribution in [1.82, 2.24) is 9.97 Å². The molecule has 0 saturated heterocycles. The average Bonchev–Trinajstić information content (AvgIpc) is 2.65. The van der Waals surface area contributed by atoms with E-state index in [9.17, 15) is 5.11 Å². The van der Waals surface area contributed by atoms with Gasteiger partial charge in [0.2, 0.25) is 0 Å². The van der Waals surface area contributed by atoms with Gasteiger partial charge in [-0.15, -0.1) is 11.3 Å². The Balaban J connectivity index is 2.11. The van der Waals surface area contributed by atoms with E-state index in [0.717, 1.165) is 20.6 Å². The second-order valence-corrected chi connectivity index (χ2v) is 5.59. The lowest BCUT2D eigenvalue weighted by Gasteiger charge is -2.03. The number of aromatic nitrogens is 2. The van der Waals surface area contributed by atoms with E-state index in [1.807, 2.05) is 24.4 Å². The van der Waals surface area contributed by atoms with Crippen molar-refractivity contribution in [3.63, 3.8) is 0 Å². The van der Waals surface area contributed by atoms with Gasteiger partial charge in [0.05, 0.1) is 6.10 Å². The largest absolute Gasteiger partial charge is 0.389 e. The predicted molar refractivity (Wildman–Crippen MR) is 65.8 cm³/mol. The highest BCUT2D eigenvalue weighted by molar-refractivity contribution is 8.00. The van der Waals surface area contributed by atoms with E-state index in [4.69, 9.17) is 0 Å². The van der Waals surface area contributed by atoms with Crippen LogP contribution in [0.1, 0.15) is 24.3 Å². The third-order valence-corrected chi connectivity index (χ3v) is 4.04. The number of rotatable bonds is 3. The summed E-state index contributed by atoms with van der Waals surface area (Å²) in [5.74, 6) is 0. The second kappa shape index (κ2) is 4.95. The Morgan fingerprint density at radius 2 is 2.25 bits per heavy atom. The number of aliphatic hydroxyl groups is 1. The van der Waals surface area contributed by atoms with Gasteiger partial charge >= 0.3 is 0 Å². The van der Waals surface area contributed by atoms with Gasteiger partial charge in [-0.25, -0.2) is 9.97 Å². The van der Waals surface area contributed by atoms with Crippen LogP contribution in [0.4, 0.5) is 0 Å². The lowest BCUT2D eigenvalue weighted by molar-refractivity contribution is 0.198. The molecule has 0 amide bonds. The zero-order valence-corrected chi connectivity index (χ0v) is 10.7. The molecule has 0 fully saturated rings. The van der Waals surface area contributed by atoms with Crippen LogP contribution in [-0.4, -0.2) is 15.1 Å². The first-order chi connectivity index (χ1) is 7.65. The molecule has 2 aromatic rings. The summed E-state index contributed by atoms with van der Waals surface area (Å²) < 4.78 is 0.995. The summed E-state index contributed by atoms with van der Waals surface area (Å²) in [5.41, 5.74) is 1.87. The van der Waals surface area contributed by atoms with Crippen LogP contribution in [-0.2, 0) is 0 Å². The van der Waals surface area contributed by atoms with E-state index in [-0.39, 0.29) is 0 Å². The smallest absolute Gasteiger partial charge is 0.156 e. The van der Waals surface area contributed by atoms with Crippen molar-refractivity contribution in [2.75, 3.05) is 0 Å². The van der Waals surface area contributed by atoms with Gasteiger partial charge in [0, 0.05) is 17.3 Å². The summed E-state index contributed by atoms with van der Waals surface area (Å²) in [6.45, 7) is 3.71. The maximum Gasteiger partial charge on any atom is 0.156 e. The normalized spacial score (nSPS) is 12.7. The topological polar surface area (TPSA) is 46.0 Å². The van der Waals surface area contributed by atoms with E-state index >= 15 is 0 Å². The van der Waals surface area contributed by atoms with E-state index < -0.39 is 6.10 Å². The highest BCUT2D eigenvalue weighted by Crippen LogP contribution is 2.29. The fraction of sp³-hybridized carbons (Fsp3) is 0.273. The molecule has 84 valence electrons. The van der Waals surface area contributed by atoms with Crippen LogP contribution in [0.3, 0.4) is 0 Å². The van der Waals surface area contributed by atoms with Crippen molar-refractivity contribution in [3.8, 4) is 0 Å². The number of nitrogens with zero attached hydrogens (tertiary/aromatic N) is 2. The van der Waals surface area contributed by atoms with Gasteiger partial charge in [-0.2, -0.15) is 0 Å². The molecule has 0 aliphatic carbocycles. The van der Waals surface area contributed by atoms with E-state index in [1.54, 1.807) is 36.2 Å². The van der Waals surface area contributed by atoms with Crippen molar-refractivity contribution in [2.45, 2.75) is 29.3 Å². The van der Waals surface area contributed by atoms with E-state index in [0.29, 0.717) is 0 Å². The second-order valence-electron chi connectivity index (χ2n) is 3.46. The lowest BCUT2D eigenvalue weighted by Crippen LogP contribution is -1.91. The SMILES string of the molecule is Cc1csc(Sc2ccc([C@@H](C)O)cn2)n1. The number of pyridine rings is 1. The quantitative estimate of drug-likeness (QED) is 0.912. The molecule has 0 aliphatic heterocycles. The molecule has 0 unspecified atom stereocenters. The average molecular weight is 252 g/mol. The summed E-state index contributed by atoms with van der Waals surface area (Å²) in [4.78, 5) is 8.63. The maximum atomic E-state index is 9.35. The first kappa shape index (κ1) is 11.6. The number of hydrogen-bond acceptors (Lipinski definition) is 5. The zero-order valence-electron chi connectivity index (χ0n) is 9.04. The molecule has 2 heterocycles.